The molecule has 2 amide bonds. The molecule has 1 aliphatic heterocycles. The number of halogens is 2. The number of hydrogen-bond acceptors (Lipinski definition) is 8. The van der Waals surface area contributed by atoms with E-state index in [0.29, 0.717) is 29.1 Å². The van der Waals surface area contributed by atoms with E-state index in [9.17, 15) is 9.59 Å². The lowest BCUT2D eigenvalue weighted by atomic mass is 9.77. The Hall–Kier alpha value is -3.57. The highest BCUT2D eigenvalue weighted by atomic mass is 35.5. The third-order valence-corrected chi connectivity index (χ3v) is 7.37. The summed E-state index contributed by atoms with van der Waals surface area (Å²) < 4.78 is 32.1. The first-order valence-corrected chi connectivity index (χ1v) is 13.6. The fourth-order valence-corrected chi connectivity index (χ4v) is 5.40. The zero-order valence-corrected chi connectivity index (χ0v) is 23.6. The average molecular weight is 572 g/mol. The molecule has 40 heavy (non-hydrogen) atoms. The van der Waals surface area contributed by atoms with Crippen LogP contribution in [0, 0.1) is 5.82 Å². The van der Waals surface area contributed by atoms with Crippen LogP contribution in [0.4, 0.5) is 9.18 Å². The maximum atomic E-state index is 15.7. The Morgan fingerprint density at radius 3 is 2.65 bits per heavy atom. The van der Waals surface area contributed by atoms with Gasteiger partial charge in [-0.1, -0.05) is 24.4 Å². The van der Waals surface area contributed by atoms with E-state index in [1.165, 1.54) is 23.4 Å². The second-order valence-corrected chi connectivity index (χ2v) is 11.4. The number of aromatic amines is 1. The summed E-state index contributed by atoms with van der Waals surface area (Å²) in [7, 11) is 0. The van der Waals surface area contributed by atoms with E-state index in [1.54, 1.807) is 26.8 Å². The maximum absolute atomic E-state index is 15.7. The molecule has 1 spiro atoms. The molecule has 5 rings (SSSR count). The Bertz CT molecular complexity index is 1450. The summed E-state index contributed by atoms with van der Waals surface area (Å²) in [6, 6.07) is 2.88. The van der Waals surface area contributed by atoms with Gasteiger partial charge in [-0.15, -0.1) is 0 Å². The smallest absolute Gasteiger partial charge is 0.417 e. The van der Waals surface area contributed by atoms with Gasteiger partial charge in [0.2, 0.25) is 0 Å². The predicted molar refractivity (Wildman–Crippen MR) is 144 cm³/mol. The molecule has 1 aliphatic carbocycles. The molecule has 10 nitrogen and oxygen atoms in total. The lowest BCUT2D eigenvalue weighted by Crippen LogP contribution is -2.52. The largest absolute Gasteiger partial charge is 0.443 e. The molecule has 1 fully saturated rings. The summed E-state index contributed by atoms with van der Waals surface area (Å²) in [6.45, 7) is 8.07. The maximum Gasteiger partial charge on any atom is 0.417 e. The lowest BCUT2D eigenvalue weighted by molar-refractivity contribution is 0.0180. The van der Waals surface area contributed by atoms with E-state index in [2.05, 4.69) is 19.9 Å². The number of carbonyl (C=O) groups is 2. The van der Waals surface area contributed by atoms with Gasteiger partial charge in [0.25, 0.3) is 11.8 Å². The number of rotatable bonds is 6. The number of carbonyl (C=O) groups excluding carboxylic acids is 2. The lowest BCUT2D eigenvalue weighted by Gasteiger charge is -2.39. The molecule has 0 atom stereocenters. The quantitative estimate of drug-likeness (QED) is 0.348. The summed E-state index contributed by atoms with van der Waals surface area (Å²) in [5.74, 6) is -1.60. The topological polar surface area (TPSA) is 120 Å². The van der Waals surface area contributed by atoms with Crippen molar-refractivity contribution in [1.29, 1.82) is 0 Å². The first-order valence-electron chi connectivity index (χ1n) is 13.2. The van der Waals surface area contributed by atoms with Gasteiger partial charge < -0.3 is 19.2 Å². The number of hydrogen-bond donors (Lipinski definition) is 1. The normalized spacial score (nSPS) is 16.4. The van der Waals surface area contributed by atoms with Crippen molar-refractivity contribution in [2.75, 3.05) is 13.2 Å². The molecule has 0 saturated heterocycles. The number of imide groups is 1. The zero-order chi connectivity index (χ0) is 28.7. The molecule has 0 aromatic carbocycles. The Labute approximate surface area is 236 Å². The van der Waals surface area contributed by atoms with E-state index in [4.69, 9.17) is 25.8 Å². The third kappa shape index (κ3) is 5.40. The Morgan fingerprint density at radius 2 is 1.98 bits per heavy atom. The van der Waals surface area contributed by atoms with E-state index >= 15 is 4.39 Å². The van der Waals surface area contributed by atoms with Crippen LogP contribution in [0.25, 0.3) is 11.3 Å². The minimum Gasteiger partial charge on any atom is -0.443 e. The highest BCUT2D eigenvalue weighted by molar-refractivity contribution is 6.30. The van der Waals surface area contributed by atoms with Crippen molar-refractivity contribution < 1.29 is 28.2 Å². The third-order valence-electron chi connectivity index (χ3n) is 7.05. The van der Waals surface area contributed by atoms with E-state index in [-0.39, 0.29) is 35.8 Å². The highest BCUT2D eigenvalue weighted by Gasteiger charge is 2.49. The molecule has 3 aromatic heterocycles. The molecule has 1 saturated carbocycles. The Balaban J connectivity index is 1.47. The molecule has 3 aromatic rings. The van der Waals surface area contributed by atoms with Crippen LogP contribution >= 0.6 is 11.6 Å². The molecule has 4 heterocycles. The van der Waals surface area contributed by atoms with Crippen LogP contribution in [0.15, 0.2) is 24.5 Å². The molecule has 0 bridgehead atoms. The number of amides is 2. The molecular formula is C28H31ClFN5O5. The highest BCUT2D eigenvalue weighted by Crippen LogP contribution is 2.47. The zero-order valence-electron chi connectivity index (χ0n) is 22.8. The van der Waals surface area contributed by atoms with Crippen LogP contribution < -0.4 is 4.74 Å². The van der Waals surface area contributed by atoms with Crippen molar-refractivity contribution in [2.24, 2.45) is 0 Å². The summed E-state index contributed by atoms with van der Waals surface area (Å²) in [5, 5.41) is 0.127. The van der Waals surface area contributed by atoms with Crippen LogP contribution in [-0.2, 0) is 21.5 Å². The summed E-state index contributed by atoms with van der Waals surface area (Å²) in [5.41, 5.74) is 0.916. The average Bonchev–Trinajstić information content (AvgIpc) is 3.55. The van der Waals surface area contributed by atoms with Crippen LogP contribution in [0.3, 0.4) is 0 Å². The van der Waals surface area contributed by atoms with Crippen LogP contribution in [0.5, 0.6) is 11.9 Å². The first-order chi connectivity index (χ1) is 19.0. The van der Waals surface area contributed by atoms with E-state index in [1.807, 2.05) is 6.92 Å². The van der Waals surface area contributed by atoms with Crippen LogP contribution in [-0.4, -0.2) is 55.6 Å². The Morgan fingerprint density at radius 1 is 1.23 bits per heavy atom. The van der Waals surface area contributed by atoms with Crippen molar-refractivity contribution in [3.05, 3.63) is 52.3 Å². The molecular weight excluding hydrogens is 541 g/mol. The van der Waals surface area contributed by atoms with Gasteiger partial charge in [-0.05, 0) is 52.7 Å². The summed E-state index contributed by atoms with van der Waals surface area (Å²) in [6.07, 6.45) is 5.64. The number of ether oxygens (including phenoxy) is 3. The van der Waals surface area contributed by atoms with Crippen molar-refractivity contribution in [2.45, 2.75) is 71.0 Å². The van der Waals surface area contributed by atoms with Gasteiger partial charge in [0.15, 0.2) is 5.82 Å². The number of H-pyrrole nitrogens is 1. The number of nitrogens with one attached hydrogen (secondary N) is 1. The fourth-order valence-electron chi connectivity index (χ4n) is 5.23. The summed E-state index contributed by atoms with van der Waals surface area (Å²) >= 11 is 6.20. The number of nitrogens with zero attached hydrogens (tertiary/aromatic N) is 4. The molecule has 212 valence electrons. The monoisotopic (exact) mass is 571 g/mol. The van der Waals surface area contributed by atoms with Crippen molar-refractivity contribution >= 4 is 23.6 Å². The fraction of sp³-hybridized carbons (Fsp3) is 0.464. The summed E-state index contributed by atoms with van der Waals surface area (Å²) in [4.78, 5) is 43.1. The van der Waals surface area contributed by atoms with Gasteiger partial charge in [0.1, 0.15) is 10.8 Å². The van der Waals surface area contributed by atoms with E-state index in [0.717, 1.165) is 25.7 Å². The second kappa shape index (κ2) is 10.8. The number of fused-ring (bicyclic) bond motifs is 2. The van der Waals surface area contributed by atoms with Gasteiger partial charge in [-0.3, -0.25) is 4.79 Å². The van der Waals surface area contributed by atoms with Gasteiger partial charge in [-0.25, -0.2) is 24.1 Å². The molecule has 2 aliphatic rings. The van der Waals surface area contributed by atoms with Gasteiger partial charge in [-0.2, -0.15) is 4.98 Å². The number of pyridine rings is 1. The number of aromatic nitrogens is 4. The van der Waals surface area contributed by atoms with Crippen molar-refractivity contribution in [3.63, 3.8) is 0 Å². The second-order valence-electron chi connectivity index (χ2n) is 11.0. The first kappa shape index (κ1) is 28.0. The van der Waals surface area contributed by atoms with Crippen molar-refractivity contribution in [1.82, 2.24) is 24.8 Å². The van der Waals surface area contributed by atoms with Crippen LogP contribution in [0.2, 0.25) is 5.15 Å². The van der Waals surface area contributed by atoms with E-state index < -0.39 is 28.8 Å². The molecule has 0 radical (unpaired) electrons. The molecule has 1 N–H and O–H groups in total. The molecule has 12 heteroatoms. The SMILES string of the molecule is CCOCc1cnc(Oc2nccc(-c3cc4c([nH]3)C3(CCCC3)CN(C(=O)OC(C)(C)C)C4=O)c2F)nc1Cl. The standard InChI is InChI=1S/C28H31ClFN5O5/c1-5-38-14-16-13-32-25(34-22(16)29)39-23-20(30)17(8-11-31-23)19-12-18-21(33-19)28(9-6-7-10-28)15-35(24(18)36)26(37)40-27(2,3)4/h8,11-13,33H,5-7,9-10,14-15H2,1-4H3. The minimum atomic E-state index is -0.767. The van der Waals surface area contributed by atoms with Gasteiger partial charge >= 0.3 is 12.1 Å². The van der Waals surface area contributed by atoms with Crippen LogP contribution in [0.1, 0.15) is 75.0 Å². The van der Waals surface area contributed by atoms with Gasteiger partial charge in [0.05, 0.1) is 12.2 Å². The minimum absolute atomic E-state index is 0.127. The molecule has 0 unspecified atom stereocenters. The predicted octanol–water partition coefficient (Wildman–Crippen LogP) is 6.19. The van der Waals surface area contributed by atoms with Crippen molar-refractivity contribution in [3.8, 4) is 23.1 Å². The Kier molecular flexibility index (Phi) is 7.54. The van der Waals surface area contributed by atoms with Gasteiger partial charge in [0, 0.05) is 53.5 Å².